The number of nitrogens with one attached hydrogen (secondary N) is 2. The highest BCUT2D eigenvalue weighted by Crippen LogP contribution is 2.28. The maximum Gasteiger partial charge on any atom is 0.317 e. The van der Waals surface area contributed by atoms with Crippen LogP contribution in [0, 0.1) is 5.92 Å². The molecule has 31 heavy (non-hydrogen) atoms. The van der Waals surface area contributed by atoms with E-state index in [0.717, 1.165) is 48.1 Å². The van der Waals surface area contributed by atoms with E-state index in [4.69, 9.17) is 11.6 Å². The van der Waals surface area contributed by atoms with E-state index in [0.29, 0.717) is 28.2 Å². The number of thiazole rings is 1. The van der Waals surface area contributed by atoms with Gasteiger partial charge in [0.15, 0.2) is 5.13 Å². The molecule has 0 saturated carbocycles. The van der Waals surface area contributed by atoms with E-state index in [1.165, 1.54) is 11.3 Å². The van der Waals surface area contributed by atoms with Crippen molar-refractivity contribution < 1.29 is 9.59 Å². The van der Waals surface area contributed by atoms with Crippen molar-refractivity contribution >= 4 is 50.2 Å². The molecule has 162 valence electrons. The number of likely N-dealkylation sites (tertiary alicyclic amines) is 1. The highest BCUT2D eigenvalue weighted by Gasteiger charge is 2.23. The van der Waals surface area contributed by atoms with Gasteiger partial charge >= 0.3 is 6.03 Å². The number of benzene rings is 2. The Bertz CT molecular complexity index is 1060. The van der Waals surface area contributed by atoms with Gasteiger partial charge in [-0.15, -0.1) is 0 Å². The van der Waals surface area contributed by atoms with Crippen LogP contribution in [0.3, 0.4) is 0 Å². The van der Waals surface area contributed by atoms with Gasteiger partial charge < -0.3 is 10.2 Å². The molecule has 0 unspecified atom stereocenters. The van der Waals surface area contributed by atoms with E-state index >= 15 is 0 Å². The number of anilines is 1. The summed E-state index contributed by atoms with van der Waals surface area (Å²) < 4.78 is 1.03. The SMILES string of the molecule is CCNC(=O)N1CCC(Cc2ccc(C(=O)Nc3nc4ccccc4s3)c(Cl)c2)CC1. The first-order valence-electron chi connectivity index (χ1n) is 10.5. The number of carbonyl (C=O) groups excluding carboxylic acids is 2. The second-order valence-electron chi connectivity index (χ2n) is 7.73. The largest absolute Gasteiger partial charge is 0.338 e. The molecule has 6 nitrogen and oxygen atoms in total. The molecule has 8 heteroatoms. The quantitative estimate of drug-likeness (QED) is 0.555. The average molecular weight is 457 g/mol. The first kappa shape index (κ1) is 21.6. The zero-order chi connectivity index (χ0) is 21.8. The third kappa shape index (κ3) is 5.17. The number of fused-ring (bicyclic) bond motifs is 1. The Morgan fingerprint density at radius 2 is 1.97 bits per heavy atom. The Hall–Kier alpha value is -2.64. The second kappa shape index (κ2) is 9.66. The van der Waals surface area contributed by atoms with Gasteiger partial charge in [0.05, 0.1) is 20.8 Å². The number of rotatable bonds is 5. The molecule has 1 aromatic heterocycles. The number of amides is 3. The van der Waals surface area contributed by atoms with E-state index in [-0.39, 0.29) is 11.9 Å². The molecule has 1 aliphatic rings. The molecule has 0 radical (unpaired) electrons. The van der Waals surface area contributed by atoms with Crippen molar-refractivity contribution in [3.8, 4) is 0 Å². The van der Waals surface area contributed by atoms with Gasteiger partial charge in [-0.05, 0) is 61.9 Å². The van der Waals surface area contributed by atoms with Gasteiger partial charge in [0.2, 0.25) is 0 Å². The fourth-order valence-electron chi connectivity index (χ4n) is 3.90. The highest BCUT2D eigenvalue weighted by atomic mass is 35.5. The van der Waals surface area contributed by atoms with Gasteiger partial charge in [-0.3, -0.25) is 10.1 Å². The molecule has 3 amide bonds. The fraction of sp³-hybridized carbons (Fsp3) is 0.348. The third-order valence-corrected chi connectivity index (χ3v) is 6.81. The third-order valence-electron chi connectivity index (χ3n) is 5.55. The van der Waals surface area contributed by atoms with Crippen LogP contribution in [-0.2, 0) is 6.42 Å². The van der Waals surface area contributed by atoms with Gasteiger partial charge in [-0.2, -0.15) is 0 Å². The smallest absolute Gasteiger partial charge is 0.317 e. The Morgan fingerprint density at radius 3 is 2.68 bits per heavy atom. The number of hydrogen-bond acceptors (Lipinski definition) is 4. The van der Waals surface area contributed by atoms with Crippen LogP contribution in [0.15, 0.2) is 42.5 Å². The molecule has 0 aliphatic carbocycles. The van der Waals surface area contributed by atoms with Gasteiger partial charge in [0.25, 0.3) is 5.91 Å². The molecule has 1 saturated heterocycles. The molecule has 4 rings (SSSR count). The summed E-state index contributed by atoms with van der Waals surface area (Å²) in [5.74, 6) is 0.245. The lowest BCUT2D eigenvalue weighted by Crippen LogP contribution is -2.44. The summed E-state index contributed by atoms with van der Waals surface area (Å²) in [4.78, 5) is 31.0. The molecule has 1 aliphatic heterocycles. The van der Waals surface area contributed by atoms with Crippen molar-refractivity contribution in [2.75, 3.05) is 25.0 Å². The van der Waals surface area contributed by atoms with Gasteiger partial charge in [0, 0.05) is 19.6 Å². The van der Waals surface area contributed by atoms with Crippen LogP contribution in [-0.4, -0.2) is 41.5 Å². The van der Waals surface area contributed by atoms with Crippen molar-refractivity contribution in [1.82, 2.24) is 15.2 Å². The van der Waals surface area contributed by atoms with E-state index in [1.54, 1.807) is 6.07 Å². The van der Waals surface area contributed by atoms with Crippen molar-refractivity contribution in [1.29, 1.82) is 0 Å². The minimum atomic E-state index is -0.258. The standard InChI is InChI=1S/C23H25ClN4O2S/c1-2-25-23(30)28-11-9-15(10-12-28)13-16-7-8-17(18(24)14-16)21(29)27-22-26-19-5-3-4-6-20(19)31-22/h3-8,14-15H,2,9-13H2,1H3,(H,25,30)(H,26,27,29). The summed E-state index contributed by atoms with van der Waals surface area (Å²) in [6.07, 6.45) is 2.83. The lowest BCUT2D eigenvalue weighted by Gasteiger charge is -2.32. The van der Waals surface area contributed by atoms with Crippen LogP contribution in [0.4, 0.5) is 9.93 Å². The van der Waals surface area contributed by atoms with E-state index in [1.807, 2.05) is 48.2 Å². The second-order valence-corrected chi connectivity index (χ2v) is 9.16. The predicted molar refractivity (Wildman–Crippen MR) is 126 cm³/mol. The van der Waals surface area contributed by atoms with Gasteiger partial charge in [-0.25, -0.2) is 9.78 Å². The number of hydrogen-bond donors (Lipinski definition) is 2. The average Bonchev–Trinajstić information content (AvgIpc) is 3.16. The number of piperidine rings is 1. The maximum absolute atomic E-state index is 12.7. The van der Waals surface area contributed by atoms with Crippen molar-refractivity contribution in [3.05, 3.63) is 58.6 Å². The topological polar surface area (TPSA) is 74.3 Å². The van der Waals surface area contributed by atoms with Crippen molar-refractivity contribution in [3.63, 3.8) is 0 Å². The molecule has 3 aromatic rings. The van der Waals surface area contributed by atoms with Gasteiger partial charge in [-0.1, -0.05) is 41.1 Å². The molecule has 1 fully saturated rings. The molecule has 2 heterocycles. The number of halogens is 1. The summed E-state index contributed by atoms with van der Waals surface area (Å²) in [6, 6.07) is 13.4. The van der Waals surface area contributed by atoms with Crippen LogP contribution in [0.2, 0.25) is 5.02 Å². The Labute approximate surface area is 190 Å². The van der Waals surface area contributed by atoms with Crippen LogP contribution >= 0.6 is 22.9 Å². The van der Waals surface area contributed by atoms with Crippen molar-refractivity contribution in [2.45, 2.75) is 26.2 Å². The molecular weight excluding hydrogens is 432 g/mol. The number of nitrogens with zero attached hydrogens (tertiary/aromatic N) is 2. The zero-order valence-corrected chi connectivity index (χ0v) is 18.9. The number of para-hydroxylation sites is 1. The molecule has 2 aromatic carbocycles. The monoisotopic (exact) mass is 456 g/mol. The maximum atomic E-state index is 12.7. The summed E-state index contributed by atoms with van der Waals surface area (Å²) in [6.45, 7) is 4.12. The van der Waals surface area contributed by atoms with E-state index in [2.05, 4.69) is 15.6 Å². The zero-order valence-electron chi connectivity index (χ0n) is 17.4. The van der Waals surface area contributed by atoms with Crippen molar-refractivity contribution in [2.24, 2.45) is 5.92 Å². The van der Waals surface area contributed by atoms with Crippen LogP contribution in [0.1, 0.15) is 35.7 Å². The van der Waals surface area contributed by atoms with Crippen LogP contribution < -0.4 is 10.6 Å². The first-order valence-corrected chi connectivity index (χ1v) is 11.7. The minimum absolute atomic E-state index is 0.0208. The van der Waals surface area contributed by atoms with E-state index in [9.17, 15) is 9.59 Å². The molecule has 0 atom stereocenters. The molecule has 2 N–H and O–H groups in total. The summed E-state index contributed by atoms with van der Waals surface area (Å²) in [5, 5.41) is 6.71. The first-order chi connectivity index (χ1) is 15.0. The number of carbonyl (C=O) groups is 2. The molecular formula is C23H25ClN4O2S. The molecule has 0 spiro atoms. The van der Waals surface area contributed by atoms with Crippen LogP contribution in [0.25, 0.3) is 10.2 Å². The Morgan fingerprint density at radius 1 is 1.19 bits per heavy atom. The van der Waals surface area contributed by atoms with Gasteiger partial charge in [0.1, 0.15) is 0 Å². The summed E-state index contributed by atoms with van der Waals surface area (Å²) in [7, 11) is 0. The van der Waals surface area contributed by atoms with Crippen LogP contribution in [0.5, 0.6) is 0 Å². The molecule has 0 bridgehead atoms. The Balaban J connectivity index is 1.35. The Kier molecular flexibility index (Phi) is 6.73. The number of aromatic nitrogens is 1. The fourth-order valence-corrected chi connectivity index (χ4v) is 5.05. The summed E-state index contributed by atoms with van der Waals surface area (Å²) in [5.41, 5.74) is 2.41. The number of urea groups is 1. The predicted octanol–water partition coefficient (Wildman–Crippen LogP) is 5.19. The van der Waals surface area contributed by atoms with E-state index < -0.39 is 0 Å². The minimum Gasteiger partial charge on any atom is -0.338 e. The lowest BCUT2D eigenvalue weighted by atomic mass is 9.90. The normalized spacial score (nSPS) is 14.6. The summed E-state index contributed by atoms with van der Waals surface area (Å²) >= 11 is 7.89. The lowest BCUT2D eigenvalue weighted by molar-refractivity contribution is 0.102. The highest BCUT2D eigenvalue weighted by molar-refractivity contribution is 7.22.